The van der Waals surface area contributed by atoms with Gasteiger partial charge in [0.15, 0.2) is 0 Å². The third-order valence-corrected chi connectivity index (χ3v) is 3.79. The van der Waals surface area contributed by atoms with Crippen molar-refractivity contribution in [2.75, 3.05) is 5.32 Å². The van der Waals surface area contributed by atoms with Gasteiger partial charge in [0.25, 0.3) is 5.76 Å². The van der Waals surface area contributed by atoms with Gasteiger partial charge < -0.3 is 5.32 Å². The summed E-state index contributed by atoms with van der Waals surface area (Å²) in [6.45, 7) is 4.88. The van der Waals surface area contributed by atoms with E-state index in [0.29, 0.717) is 16.7 Å². The molecule has 0 fully saturated rings. The van der Waals surface area contributed by atoms with Gasteiger partial charge in [0.1, 0.15) is 0 Å². The second-order valence-electron chi connectivity index (χ2n) is 4.69. The summed E-state index contributed by atoms with van der Waals surface area (Å²) in [5.74, 6) is -2.37. The molecule has 106 valence electrons. The maximum Gasteiger partial charge on any atom is 0.288 e. The van der Waals surface area contributed by atoms with Gasteiger partial charge in [-0.2, -0.15) is 8.78 Å². The van der Waals surface area contributed by atoms with E-state index in [2.05, 4.69) is 37.4 Å². The van der Waals surface area contributed by atoms with Gasteiger partial charge in [-0.1, -0.05) is 35.5 Å². The van der Waals surface area contributed by atoms with E-state index in [9.17, 15) is 8.78 Å². The minimum Gasteiger partial charge on any atom is -0.381 e. The van der Waals surface area contributed by atoms with Gasteiger partial charge in [0.05, 0.1) is 0 Å². The largest absolute Gasteiger partial charge is 0.381 e. The summed E-state index contributed by atoms with van der Waals surface area (Å²) in [5.41, 5.74) is 4.66. The highest BCUT2D eigenvalue weighted by atomic mass is 32.2. The van der Waals surface area contributed by atoms with Crippen LogP contribution < -0.4 is 5.32 Å². The first-order chi connectivity index (χ1) is 9.54. The van der Waals surface area contributed by atoms with Gasteiger partial charge >= 0.3 is 0 Å². The summed E-state index contributed by atoms with van der Waals surface area (Å²) >= 11 is 0.565. The Hall–Kier alpha value is -1.55. The monoisotopic (exact) mass is 293 g/mol. The lowest BCUT2D eigenvalue weighted by Gasteiger charge is -2.10. The Labute approximate surface area is 122 Å². The fourth-order valence-electron chi connectivity index (χ4n) is 1.94. The number of halogens is 2. The third-order valence-electron chi connectivity index (χ3n) is 3.07. The van der Waals surface area contributed by atoms with E-state index in [-0.39, 0.29) is 0 Å². The van der Waals surface area contributed by atoms with Crippen LogP contribution in [0.1, 0.15) is 16.7 Å². The summed E-state index contributed by atoms with van der Waals surface area (Å²) in [6, 6.07) is 13.4. The van der Waals surface area contributed by atoms with E-state index >= 15 is 0 Å². The zero-order chi connectivity index (χ0) is 14.5. The van der Waals surface area contributed by atoms with E-state index in [1.807, 2.05) is 12.1 Å². The summed E-state index contributed by atoms with van der Waals surface area (Å²) in [7, 11) is 0. The molecule has 20 heavy (non-hydrogen) atoms. The molecule has 2 aromatic rings. The van der Waals surface area contributed by atoms with Crippen molar-refractivity contribution < 1.29 is 8.78 Å². The molecule has 0 bridgehead atoms. The van der Waals surface area contributed by atoms with Crippen LogP contribution in [0.3, 0.4) is 0 Å². The number of anilines is 1. The summed E-state index contributed by atoms with van der Waals surface area (Å²) in [5, 5.41) is 3.31. The van der Waals surface area contributed by atoms with Crippen LogP contribution in [0.4, 0.5) is 14.5 Å². The number of rotatable bonds is 5. The van der Waals surface area contributed by atoms with Gasteiger partial charge in [0, 0.05) is 17.1 Å². The lowest BCUT2D eigenvalue weighted by molar-refractivity contribution is 0.252. The van der Waals surface area contributed by atoms with E-state index < -0.39 is 5.76 Å². The molecule has 0 aliphatic heterocycles. The number of benzene rings is 2. The summed E-state index contributed by atoms with van der Waals surface area (Å²) in [6.07, 6.45) is 0. The van der Waals surface area contributed by atoms with Crippen LogP contribution in [-0.4, -0.2) is 5.76 Å². The van der Waals surface area contributed by atoms with Crippen molar-refractivity contribution in [3.8, 4) is 0 Å². The van der Waals surface area contributed by atoms with Crippen molar-refractivity contribution in [1.82, 2.24) is 0 Å². The van der Waals surface area contributed by atoms with Crippen molar-refractivity contribution in [2.24, 2.45) is 0 Å². The Morgan fingerprint density at radius 1 is 1.05 bits per heavy atom. The van der Waals surface area contributed by atoms with Crippen LogP contribution >= 0.6 is 11.8 Å². The van der Waals surface area contributed by atoms with Gasteiger partial charge in [-0.3, -0.25) is 0 Å². The lowest BCUT2D eigenvalue weighted by Crippen LogP contribution is -2.01. The molecular weight excluding hydrogens is 276 g/mol. The molecule has 2 rings (SSSR count). The van der Waals surface area contributed by atoms with Crippen LogP contribution in [0.15, 0.2) is 47.4 Å². The zero-order valence-electron chi connectivity index (χ0n) is 11.5. The number of nitrogens with one attached hydrogen (secondary N) is 1. The Kier molecular flexibility index (Phi) is 5.01. The zero-order valence-corrected chi connectivity index (χ0v) is 12.3. The molecule has 0 atom stereocenters. The van der Waals surface area contributed by atoms with Gasteiger partial charge in [-0.15, -0.1) is 0 Å². The summed E-state index contributed by atoms with van der Waals surface area (Å²) < 4.78 is 24.4. The van der Waals surface area contributed by atoms with Crippen molar-refractivity contribution in [3.05, 3.63) is 59.2 Å². The molecule has 0 radical (unpaired) electrons. The third kappa shape index (κ3) is 4.23. The fourth-order valence-corrected chi connectivity index (χ4v) is 2.44. The van der Waals surface area contributed by atoms with E-state index in [0.717, 1.165) is 12.2 Å². The summed E-state index contributed by atoms with van der Waals surface area (Å²) in [4.78, 5) is 0.581. The van der Waals surface area contributed by atoms with Crippen molar-refractivity contribution in [3.63, 3.8) is 0 Å². The first-order valence-corrected chi connectivity index (χ1v) is 7.27. The number of hydrogen-bond donors (Lipinski definition) is 1. The van der Waals surface area contributed by atoms with E-state index in [4.69, 9.17) is 0 Å². The Bertz CT molecular complexity index is 567. The first kappa shape index (κ1) is 14.9. The quantitative estimate of drug-likeness (QED) is 0.757. The lowest BCUT2D eigenvalue weighted by atomic mass is 10.1. The molecule has 0 saturated heterocycles. The van der Waals surface area contributed by atoms with Crippen molar-refractivity contribution in [1.29, 1.82) is 0 Å². The highest BCUT2D eigenvalue weighted by Crippen LogP contribution is 2.26. The topological polar surface area (TPSA) is 12.0 Å². The second-order valence-corrected chi connectivity index (χ2v) is 5.75. The second kappa shape index (κ2) is 6.75. The maximum atomic E-state index is 12.2. The number of alkyl halides is 2. The molecule has 0 aliphatic rings. The average Bonchev–Trinajstić information content (AvgIpc) is 2.41. The molecule has 0 spiro atoms. The molecule has 0 amide bonds. The normalized spacial score (nSPS) is 10.8. The molecule has 0 heterocycles. The van der Waals surface area contributed by atoms with Gasteiger partial charge in [0.2, 0.25) is 0 Å². The predicted molar refractivity (Wildman–Crippen MR) is 81.5 cm³/mol. The number of aryl methyl sites for hydroxylation is 2. The standard InChI is InChI=1S/C16H17F2NS/c1-11-3-4-12(2)13(9-11)10-19-14-5-7-15(8-6-14)20-16(17)18/h3-9,16,19H,10H2,1-2H3. The predicted octanol–water partition coefficient (Wildman–Crippen LogP) is 5.23. The van der Waals surface area contributed by atoms with Crippen molar-refractivity contribution in [2.45, 2.75) is 31.0 Å². The van der Waals surface area contributed by atoms with E-state index in [1.54, 1.807) is 12.1 Å². The highest BCUT2D eigenvalue weighted by molar-refractivity contribution is 7.99. The van der Waals surface area contributed by atoms with Gasteiger partial charge in [-0.25, -0.2) is 0 Å². The van der Waals surface area contributed by atoms with Crippen LogP contribution in [-0.2, 0) is 6.54 Å². The smallest absolute Gasteiger partial charge is 0.288 e. The van der Waals surface area contributed by atoms with Crippen LogP contribution in [0.2, 0.25) is 0 Å². The molecule has 1 nitrogen and oxygen atoms in total. The molecule has 0 aromatic heterocycles. The molecule has 0 aliphatic carbocycles. The van der Waals surface area contributed by atoms with E-state index in [1.165, 1.54) is 16.7 Å². The number of hydrogen-bond acceptors (Lipinski definition) is 2. The average molecular weight is 293 g/mol. The molecule has 0 saturated carbocycles. The SMILES string of the molecule is Cc1ccc(C)c(CNc2ccc(SC(F)F)cc2)c1. The Balaban J connectivity index is 1.98. The molecular formula is C16H17F2NS. The highest BCUT2D eigenvalue weighted by Gasteiger charge is 2.05. The minimum atomic E-state index is -2.37. The Morgan fingerprint density at radius 3 is 2.40 bits per heavy atom. The molecule has 1 N–H and O–H groups in total. The Morgan fingerprint density at radius 2 is 1.75 bits per heavy atom. The fraction of sp³-hybridized carbons (Fsp3) is 0.250. The maximum absolute atomic E-state index is 12.2. The van der Waals surface area contributed by atoms with Crippen molar-refractivity contribution >= 4 is 17.4 Å². The van der Waals surface area contributed by atoms with Gasteiger partial charge in [-0.05, 0) is 49.2 Å². The van der Waals surface area contributed by atoms with Crippen LogP contribution in [0.5, 0.6) is 0 Å². The molecule has 2 aromatic carbocycles. The molecule has 0 unspecified atom stereocenters. The number of thioether (sulfide) groups is 1. The molecule has 4 heteroatoms. The first-order valence-electron chi connectivity index (χ1n) is 6.39. The van der Waals surface area contributed by atoms with Crippen LogP contribution in [0.25, 0.3) is 0 Å². The van der Waals surface area contributed by atoms with Crippen LogP contribution in [0, 0.1) is 13.8 Å². The minimum absolute atomic E-state index is 0.565.